The first-order valence-electron chi connectivity index (χ1n) is 7.12. The van der Waals surface area contributed by atoms with E-state index >= 15 is 0 Å². The van der Waals surface area contributed by atoms with Crippen molar-refractivity contribution in [3.63, 3.8) is 0 Å². The topological polar surface area (TPSA) is 35.6 Å². The van der Waals surface area contributed by atoms with Gasteiger partial charge in [0.2, 0.25) is 0 Å². The third kappa shape index (κ3) is 3.31. The van der Waals surface area contributed by atoms with Crippen LogP contribution in [0.4, 0.5) is 0 Å². The minimum absolute atomic E-state index is 0.459. The second kappa shape index (κ2) is 7.36. The fourth-order valence-electron chi connectivity index (χ4n) is 2.59. The Morgan fingerprint density at radius 1 is 1.20 bits per heavy atom. The molecule has 0 aliphatic heterocycles. The van der Waals surface area contributed by atoms with Crippen LogP contribution in [0.2, 0.25) is 0 Å². The molecule has 6 heteroatoms. The molecule has 2 aromatic rings. The molecule has 0 bridgehead atoms. The molecule has 20 heavy (non-hydrogen) atoms. The van der Waals surface area contributed by atoms with Crippen LogP contribution < -0.4 is 0 Å². The molecule has 0 aliphatic rings. The summed E-state index contributed by atoms with van der Waals surface area (Å²) in [5, 5.41) is 4.44. The molecule has 0 aliphatic carbocycles. The number of fused-ring (bicyclic) bond motifs is 1. The number of hydrogen-bond acceptors (Lipinski definition) is 3. The maximum absolute atomic E-state index is 6.03. The molecular formula is C14H23ClN4S. The van der Waals surface area contributed by atoms with E-state index in [1.807, 2.05) is 30.4 Å². The van der Waals surface area contributed by atoms with Crippen LogP contribution in [0.15, 0.2) is 0 Å². The first-order valence-corrected chi connectivity index (χ1v) is 9.05. The van der Waals surface area contributed by atoms with Crippen molar-refractivity contribution in [2.24, 2.45) is 7.05 Å². The van der Waals surface area contributed by atoms with Crippen LogP contribution >= 0.6 is 23.4 Å². The van der Waals surface area contributed by atoms with E-state index in [1.165, 1.54) is 31.4 Å². The molecule has 112 valence electrons. The lowest BCUT2D eigenvalue weighted by molar-refractivity contribution is 0.571. The zero-order valence-electron chi connectivity index (χ0n) is 12.5. The van der Waals surface area contributed by atoms with Gasteiger partial charge in [-0.05, 0) is 31.8 Å². The van der Waals surface area contributed by atoms with E-state index in [-0.39, 0.29) is 0 Å². The van der Waals surface area contributed by atoms with E-state index in [9.17, 15) is 0 Å². The summed E-state index contributed by atoms with van der Waals surface area (Å²) < 4.78 is 4.15. The molecule has 0 N–H and O–H groups in total. The Labute approximate surface area is 129 Å². The molecule has 0 radical (unpaired) electrons. The molecular weight excluding hydrogens is 292 g/mol. The summed E-state index contributed by atoms with van der Waals surface area (Å²) >= 11 is 7.96. The fraction of sp³-hybridized carbons (Fsp3) is 0.714. The molecule has 0 saturated heterocycles. The van der Waals surface area contributed by atoms with Crippen molar-refractivity contribution in [1.29, 1.82) is 0 Å². The predicted octanol–water partition coefficient (Wildman–Crippen LogP) is 3.74. The largest absolute Gasteiger partial charge is 0.312 e. The van der Waals surface area contributed by atoms with Gasteiger partial charge in [0.15, 0.2) is 5.65 Å². The number of alkyl halides is 1. The molecule has 0 fully saturated rings. The van der Waals surface area contributed by atoms with Gasteiger partial charge >= 0.3 is 0 Å². The molecule has 2 rings (SSSR count). The molecule has 0 unspecified atom stereocenters. The van der Waals surface area contributed by atoms with E-state index in [0.717, 1.165) is 29.2 Å². The van der Waals surface area contributed by atoms with Crippen LogP contribution in [0, 0.1) is 6.92 Å². The molecule has 0 atom stereocenters. The Bertz CT molecular complexity index is 561. The Morgan fingerprint density at radius 2 is 1.95 bits per heavy atom. The lowest BCUT2D eigenvalue weighted by Gasteiger charge is -2.08. The first kappa shape index (κ1) is 15.7. The molecule has 0 amide bonds. The second-order valence-electron chi connectivity index (χ2n) is 5.10. The number of imidazole rings is 1. The van der Waals surface area contributed by atoms with Gasteiger partial charge in [0.05, 0.1) is 11.6 Å². The van der Waals surface area contributed by atoms with Crippen LogP contribution in [-0.2, 0) is 19.5 Å². The van der Waals surface area contributed by atoms with Crippen molar-refractivity contribution in [2.45, 2.75) is 45.0 Å². The standard InChI is InChI=1S/C14H23ClN4S/c1-11-13-14(18(2)17-11)19(12(10-15)16-13)8-6-4-5-7-9-20-3/h4-10H2,1-3H3. The van der Waals surface area contributed by atoms with Gasteiger partial charge in [-0.15, -0.1) is 11.6 Å². The van der Waals surface area contributed by atoms with Crippen molar-refractivity contribution in [1.82, 2.24) is 19.3 Å². The van der Waals surface area contributed by atoms with Gasteiger partial charge in [-0.3, -0.25) is 4.68 Å². The maximum atomic E-state index is 6.03. The van der Waals surface area contributed by atoms with Gasteiger partial charge in [-0.2, -0.15) is 16.9 Å². The summed E-state index contributed by atoms with van der Waals surface area (Å²) in [6.07, 6.45) is 7.22. The summed E-state index contributed by atoms with van der Waals surface area (Å²) in [5.74, 6) is 2.69. The highest BCUT2D eigenvalue weighted by atomic mass is 35.5. The SMILES string of the molecule is CSCCCCCCn1c(CCl)nc2c(C)nn(C)c21. The van der Waals surface area contributed by atoms with Crippen molar-refractivity contribution >= 4 is 34.5 Å². The lowest BCUT2D eigenvalue weighted by Crippen LogP contribution is -2.06. The van der Waals surface area contributed by atoms with E-state index in [4.69, 9.17) is 11.6 Å². The van der Waals surface area contributed by atoms with Crippen LogP contribution in [0.25, 0.3) is 11.2 Å². The smallest absolute Gasteiger partial charge is 0.158 e. The van der Waals surface area contributed by atoms with Gasteiger partial charge in [-0.1, -0.05) is 12.8 Å². The van der Waals surface area contributed by atoms with E-state index in [2.05, 4.69) is 20.9 Å². The van der Waals surface area contributed by atoms with Gasteiger partial charge < -0.3 is 4.57 Å². The molecule has 0 spiro atoms. The minimum Gasteiger partial charge on any atom is -0.312 e. The lowest BCUT2D eigenvalue weighted by atomic mass is 10.2. The highest BCUT2D eigenvalue weighted by Gasteiger charge is 2.16. The number of unbranched alkanes of at least 4 members (excludes halogenated alkanes) is 3. The Kier molecular flexibility index (Phi) is 5.78. The summed E-state index contributed by atoms with van der Waals surface area (Å²) in [6, 6.07) is 0. The molecule has 0 aromatic carbocycles. The summed E-state index contributed by atoms with van der Waals surface area (Å²) in [7, 11) is 1.98. The van der Waals surface area contributed by atoms with Crippen molar-refractivity contribution in [3.8, 4) is 0 Å². The molecule has 4 nitrogen and oxygen atoms in total. The summed E-state index contributed by atoms with van der Waals surface area (Å²) in [4.78, 5) is 4.62. The third-order valence-electron chi connectivity index (χ3n) is 3.57. The number of thioether (sulfide) groups is 1. The molecule has 2 heterocycles. The van der Waals surface area contributed by atoms with Crippen molar-refractivity contribution in [2.75, 3.05) is 12.0 Å². The number of aromatic nitrogens is 4. The van der Waals surface area contributed by atoms with E-state index < -0.39 is 0 Å². The zero-order chi connectivity index (χ0) is 14.5. The molecule has 0 saturated carbocycles. The Balaban J connectivity index is 2.04. The average Bonchev–Trinajstić information content (AvgIpc) is 2.93. The monoisotopic (exact) mass is 314 g/mol. The number of aryl methyl sites for hydroxylation is 3. The van der Waals surface area contributed by atoms with Gasteiger partial charge in [0, 0.05) is 13.6 Å². The minimum atomic E-state index is 0.459. The average molecular weight is 315 g/mol. The first-order chi connectivity index (χ1) is 9.69. The Hall–Kier alpha value is -0.680. The van der Waals surface area contributed by atoms with E-state index in [0.29, 0.717) is 5.88 Å². The van der Waals surface area contributed by atoms with Crippen molar-refractivity contribution in [3.05, 3.63) is 11.5 Å². The van der Waals surface area contributed by atoms with Crippen LogP contribution in [0.1, 0.15) is 37.2 Å². The highest BCUT2D eigenvalue weighted by Crippen LogP contribution is 2.21. The van der Waals surface area contributed by atoms with E-state index in [1.54, 1.807) is 0 Å². The zero-order valence-corrected chi connectivity index (χ0v) is 14.1. The van der Waals surface area contributed by atoms with Gasteiger partial charge in [-0.25, -0.2) is 4.98 Å². The van der Waals surface area contributed by atoms with Crippen molar-refractivity contribution < 1.29 is 0 Å². The van der Waals surface area contributed by atoms with Gasteiger partial charge in [0.1, 0.15) is 11.3 Å². The number of rotatable bonds is 8. The number of nitrogens with zero attached hydrogens (tertiary/aromatic N) is 4. The summed E-state index contributed by atoms with van der Waals surface area (Å²) in [5.41, 5.74) is 3.07. The molecule has 2 aromatic heterocycles. The quantitative estimate of drug-likeness (QED) is 0.550. The number of halogens is 1. The fourth-order valence-corrected chi connectivity index (χ4v) is 3.28. The van der Waals surface area contributed by atoms with Gasteiger partial charge in [0.25, 0.3) is 0 Å². The number of hydrogen-bond donors (Lipinski definition) is 0. The van der Waals surface area contributed by atoms with Crippen LogP contribution in [0.5, 0.6) is 0 Å². The Morgan fingerprint density at radius 3 is 2.65 bits per heavy atom. The second-order valence-corrected chi connectivity index (χ2v) is 6.35. The normalized spacial score (nSPS) is 11.6. The highest BCUT2D eigenvalue weighted by molar-refractivity contribution is 7.98. The predicted molar refractivity (Wildman–Crippen MR) is 87.6 cm³/mol. The van der Waals surface area contributed by atoms with Crippen LogP contribution in [0.3, 0.4) is 0 Å². The maximum Gasteiger partial charge on any atom is 0.158 e. The third-order valence-corrected chi connectivity index (χ3v) is 4.50. The van der Waals surface area contributed by atoms with Crippen LogP contribution in [-0.4, -0.2) is 31.3 Å². The summed E-state index contributed by atoms with van der Waals surface area (Å²) in [6.45, 7) is 2.98.